The molecule has 18 heavy (non-hydrogen) atoms. The van der Waals surface area contributed by atoms with E-state index in [4.69, 9.17) is 0 Å². The van der Waals surface area contributed by atoms with Crippen molar-refractivity contribution >= 4 is 0 Å². The van der Waals surface area contributed by atoms with E-state index in [0.29, 0.717) is 6.04 Å². The fourth-order valence-corrected chi connectivity index (χ4v) is 2.77. The average Bonchev–Trinajstić information content (AvgIpc) is 2.86. The second-order valence-corrected chi connectivity index (χ2v) is 5.11. The van der Waals surface area contributed by atoms with Gasteiger partial charge in [0.1, 0.15) is 5.54 Å². The maximum atomic E-state index is 4.20. The number of hydrogen-bond acceptors (Lipinski definition) is 4. The highest BCUT2D eigenvalue weighted by Crippen LogP contribution is 2.35. The minimum Gasteiger partial charge on any atom is -0.293 e. The molecule has 0 saturated heterocycles. The second-order valence-electron chi connectivity index (χ2n) is 5.11. The summed E-state index contributed by atoms with van der Waals surface area (Å²) >= 11 is 0. The number of hydrogen-bond donors (Lipinski definition) is 0. The van der Waals surface area contributed by atoms with Crippen molar-refractivity contribution in [2.75, 3.05) is 7.05 Å². The highest BCUT2D eigenvalue weighted by molar-refractivity contribution is 5.28. The minimum atomic E-state index is -0.229. The summed E-state index contributed by atoms with van der Waals surface area (Å²) in [6, 6.07) is 10.8. The summed E-state index contributed by atoms with van der Waals surface area (Å²) in [6.07, 6.45) is 0. The molecule has 2 aromatic rings. The summed E-state index contributed by atoms with van der Waals surface area (Å²) in [7, 11) is 2.12. The van der Waals surface area contributed by atoms with Gasteiger partial charge in [-0.3, -0.25) is 4.90 Å². The van der Waals surface area contributed by atoms with Gasteiger partial charge in [-0.2, -0.15) is 0 Å². The largest absolute Gasteiger partial charge is 0.293 e. The lowest BCUT2D eigenvalue weighted by Crippen LogP contribution is -2.55. The van der Waals surface area contributed by atoms with Gasteiger partial charge in [0.05, 0.1) is 6.54 Å². The van der Waals surface area contributed by atoms with Crippen LogP contribution in [0.15, 0.2) is 30.3 Å². The molecular weight excluding hydrogens is 226 g/mol. The van der Waals surface area contributed by atoms with Gasteiger partial charge in [0.2, 0.25) is 0 Å². The Morgan fingerprint density at radius 1 is 1.28 bits per heavy atom. The van der Waals surface area contributed by atoms with Crippen LogP contribution in [0.3, 0.4) is 0 Å². The van der Waals surface area contributed by atoms with Crippen molar-refractivity contribution in [1.29, 1.82) is 0 Å². The van der Waals surface area contributed by atoms with Gasteiger partial charge in [-0.15, -0.1) is 5.10 Å². The Hall–Kier alpha value is -1.75. The molecule has 2 atom stereocenters. The first-order valence-corrected chi connectivity index (χ1v) is 6.17. The molecule has 5 heteroatoms. The maximum Gasteiger partial charge on any atom is 0.166 e. The topological polar surface area (TPSA) is 46.8 Å². The Balaban J connectivity index is 2.21. The van der Waals surface area contributed by atoms with Crippen LogP contribution in [0.2, 0.25) is 0 Å². The Morgan fingerprint density at radius 3 is 2.72 bits per heavy atom. The van der Waals surface area contributed by atoms with E-state index in [1.807, 2.05) is 10.7 Å². The lowest BCUT2D eigenvalue weighted by atomic mass is 9.83. The van der Waals surface area contributed by atoms with E-state index < -0.39 is 0 Å². The van der Waals surface area contributed by atoms with Crippen LogP contribution < -0.4 is 0 Å². The van der Waals surface area contributed by atoms with Crippen LogP contribution >= 0.6 is 0 Å². The molecule has 0 saturated carbocycles. The molecule has 0 spiro atoms. The molecular formula is C13H17N5. The number of benzene rings is 1. The normalized spacial score (nSPS) is 28.1. The van der Waals surface area contributed by atoms with Gasteiger partial charge in [0.25, 0.3) is 0 Å². The third kappa shape index (κ3) is 1.40. The fourth-order valence-electron chi connectivity index (χ4n) is 2.77. The first-order valence-electron chi connectivity index (χ1n) is 6.17. The van der Waals surface area contributed by atoms with E-state index in [2.05, 4.69) is 65.6 Å². The van der Waals surface area contributed by atoms with Gasteiger partial charge >= 0.3 is 0 Å². The van der Waals surface area contributed by atoms with Crippen molar-refractivity contribution in [1.82, 2.24) is 25.1 Å². The standard InChI is InChI=1S/C13H17N5/c1-10-13(2,11-7-5-4-6-8-11)18-12(9-17(10)3)14-15-16-18/h4-8,10H,9H2,1-3H3/t10-,13+/m0/s1. The predicted octanol–water partition coefficient (Wildman–Crippen LogP) is 1.27. The third-order valence-electron chi connectivity index (χ3n) is 4.20. The molecule has 0 bridgehead atoms. The summed E-state index contributed by atoms with van der Waals surface area (Å²) in [5.74, 6) is 0.918. The van der Waals surface area contributed by atoms with E-state index in [-0.39, 0.29) is 5.54 Å². The van der Waals surface area contributed by atoms with E-state index in [0.717, 1.165) is 12.4 Å². The van der Waals surface area contributed by atoms with Crippen molar-refractivity contribution in [3.63, 3.8) is 0 Å². The molecule has 0 N–H and O–H groups in total. The summed E-state index contributed by atoms with van der Waals surface area (Å²) < 4.78 is 1.97. The van der Waals surface area contributed by atoms with Gasteiger partial charge in [0.15, 0.2) is 5.82 Å². The van der Waals surface area contributed by atoms with Crippen LogP contribution in [0.1, 0.15) is 25.2 Å². The molecule has 5 nitrogen and oxygen atoms in total. The Bertz CT molecular complexity index is 550. The molecule has 0 aliphatic carbocycles. The highest BCUT2D eigenvalue weighted by Gasteiger charge is 2.43. The molecule has 2 heterocycles. The van der Waals surface area contributed by atoms with E-state index >= 15 is 0 Å². The summed E-state index contributed by atoms with van der Waals surface area (Å²) in [5, 5.41) is 12.2. The fraction of sp³-hybridized carbons (Fsp3) is 0.462. The first-order chi connectivity index (χ1) is 8.64. The zero-order valence-corrected chi connectivity index (χ0v) is 10.9. The van der Waals surface area contributed by atoms with Gasteiger partial charge in [-0.05, 0) is 36.9 Å². The van der Waals surface area contributed by atoms with Crippen molar-refractivity contribution in [2.45, 2.75) is 32.0 Å². The van der Waals surface area contributed by atoms with Crippen molar-refractivity contribution < 1.29 is 0 Å². The zero-order valence-electron chi connectivity index (χ0n) is 10.9. The van der Waals surface area contributed by atoms with Crippen LogP contribution in [0, 0.1) is 0 Å². The number of fused-ring (bicyclic) bond motifs is 1. The number of tetrazole rings is 1. The van der Waals surface area contributed by atoms with Gasteiger partial charge in [-0.1, -0.05) is 30.3 Å². The highest BCUT2D eigenvalue weighted by atomic mass is 15.6. The lowest BCUT2D eigenvalue weighted by Gasteiger charge is -2.44. The molecule has 0 radical (unpaired) electrons. The van der Waals surface area contributed by atoms with Crippen molar-refractivity contribution in [3.8, 4) is 0 Å². The Kier molecular flexibility index (Phi) is 2.45. The number of aromatic nitrogens is 4. The quantitative estimate of drug-likeness (QED) is 0.756. The summed E-state index contributed by atoms with van der Waals surface area (Å²) in [4.78, 5) is 2.29. The van der Waals surface area contributed by atoms with Crippen LogP contribution in [-0.2, 0) is 12.1 Å². The molecule has 1 aromatic heterocycles. The molecule has 0 amide bonds. The molecule has 1 aromatic carbocycles. The summed E-state index contributed by atoms with van der Waals surface area (Å²) in [6.45, 7) is 5.21. The molecule has 1 aliphatic heterocycles. The monoisotopic (exact) mass is 243 g/mol. The number of likely N-dealkylation sites (N-methyl/N-ethyl adjacent to an activating group) is 1. The predicted molar refractivity (Wildman–Crippen MR) is 67.9 cm³/mol. The minimum absolute atomic E-state index is 0.229. The third-order valence-corrected chi connectivity index (χ3v) is 4.20. The lowest BCUT2D eigenvalue weighted by molar-refractivity contribution is 0.0879. The van der Waals surface area contributed by atoms with Crippen molar-refractivity contribution in [2.24, 2.45) is 0 Å². The SMILES string of the molecule is C[C@@H]1N(C)Cc2nnnn2[C@@]1(C)c1ccccc1. The Morgan fingerprint density at radius 2 is 2.00 bits per heavy atom. The smallest absolute Gasteiger partial charge is 0.166 e. The van der Waals surface area contributed by atoms with Crippen LogP contribution in [0.4, 0.5) is 0 Å². The first kappa shape index (κ1) is 11.3. The maximum absolute atomic E-state index is 4.20. The number of nitrogens with zero attached hydrogens (tertiary/aromatic N) is 5. The molecule has 0 fully saturated rings. The van der Waals surface area contributed by atoms with E-state index in [1.165, 1.54) is 5.56 Å². The summed E-state index contributed by atoms with van der Waals surface area (Å²) in [5.41, 5.74) is 1.00. The average molecular weight is 243 g/mol. The van der Waals surface area contributed by atoms with Gasteiger partial charge < -0.3 is 0 Å². The van der Waals surface area contributed by atoms with Crippen molar-refractivity contribution in [3.05, 3.63) is 41.7 Å². The molecule has 0 unspecified atom stereocenters. The second kappa shape index (κ2) is 3.88. The van der Waals surface area contributed by atoms with Crippen LogP contribution in [0.5, 0.6) is 0 Å². The van der Waals surface area contributed by atoms with E-state index in [1.54, 1.807) is 0 Å². The van der Waals surface area contributed by atoms with Crippen LogP contribution in [0.25, 0.3) is 0 Å². The zero-order chi connectivity index (χ0) is 12.8. The van der Waals surface area contributed by atoms with Gasteiger partial charge in [-0.25, -0.2) is 4.68 Å². The molecule has 3 rings (SSSR count). The molecule has 94 valence electrons. The molecule has 1 aliphatic rings. The van der Waals surface area contributed by atoms with Crippen LogP contribution in [-0.4, -0.2) is 38.2 Å². The number of rotatable bonds is 1. The Labute approximate surface area is 106 Å². The van der Waals surface area contributed by atoms with Gasteiger partial charge in [0, 0.05) is 6.04 Å². The van der Waals surface area contributed by atoms with E-state index in [9.17, 15) is 0 Å².